The predicted molar refractivity (Wildman–Crippen MR) is 198 cm³/mol. The van der Waals surface area contributed by atoms with Crippen molar-refractivity contribution in [3.05, 3.63) is 107 Å². The van der Waals surface area contributed by atoms with Gasteiger partial charge in [0.2, 0.25) is 0 Å². The quantitative estimate of drug-likeness (QED) is 0.181. The van der Waals surface area contributed by atoms with Crippen LogP contribution in [0.25, 0.3) is 11.1 Å². The minimum Gasteiger partial charge on any atom is -0.478 e. The third kappa shape index (κ3) is 5.70. The number of rotatable bonds is 9. The van der Waals surface area contributed by atoms with Crippen molar-refractivity contribution in [1.29, 1.82) is 0 Å². The van der Waals surface area contributed by atoms with Crippen LogP contribution >= 0.6 is 0 Å². The predicted octanol–water partition coefficient (Wildman–Crippen LogP) is 11.4. The third-order valence-electron chi connectivity index (χ3n) is 14.2. The van der Waals surface area contributed by atoms with Crippen molar-refractivity contribution in [2.24, 2.45) is 47.3 Å². The Morgan fingerprint density at radius 1 is 0.442 bits per heavy atom. The fraction of sp³-hybridized carbons (Fsp3) is 0.435. The van der Waals surface area contributed by atoms with Gasteiger partial charge in [-0.2, -0.15) is 0 Å². The number of aromatic carboxylic acids is 2. The number of carbonyl (C=O) groups is 2. The van der Waals surface area contributed by atoms with Crippen LogP contribution in [-0.2, 0) is 0 Å². The fourth-order valence-electron chi connectivity index (χ4n) is 12.6. The molecule has 6 nitrogen and oxygen atoms in total. The van der Waals surface area contributed by atoms with E-state index in [1.54, 1.807) is 48.5 Å². The van der Waals surface area contributed by atoms with E-state index in [9.17, 15) is 19.8 Å². The first kappa shape index (κ1) is 32.1. The minimum atomic E-state index is -0.966. The second-order valence-electron chi connectivity index (χ2n) is 17.3. The van der Waals surface area contributed by atoms with Gasteiger partial charge < -0.3 is 19.7 Å². The number of carboxylic acid groups (broad SMARTS) is 2. The molecule has 0 radical (unpaired) electrons. The maximum Gasteiger partial charge on any atom is 0.335 e. The van der Waals surface area contributed by atoms with E-state index < -0.39 is 11.9 Å². The summed E-state index contributed by atoms with van der Waals surface area (Å²) in [6, 6.07) is 26.8. The van der Waals surface area contributed by atoms with Crippen LogP contribution in [0.4, 0.5) is 0 Å². The van der Waals surface area contributed by atoms with E-state index in [0.717, 1.165) is 58.5 Å². The highest BCUT2D eigenvalue weighted by atomic mass is 16.5. The Hall–Kier alpha value is -4.58. The lowest BCUT2D eigenvalue weighted by atomic mass is 9.50. The number of carboxylic acids is 2. The van der Waals surface area contributed by atoms with Crippen molar-refractivity contribution in [2.75, 3.05) is 0 Å². The van der Waals surface area contributed by atoms with E-state index in [1.807, 2.05) is 0 Å². The summed E-state index contributed by atoms with van der Waals surface area (Å²) in [6.45, 7) is 0. The van der Waals surface area contributed by atoms with Crippen molar-refractivity contribution in [1.82, 2.24) is 0 Å². The molecule has 8 fully saturated rings. The zero-order chi connectivity index (χ0) is 35.1. The molecule has 4 aromatic carbocycles. The van der Waals surface area contributed by atoms with Gasteiger partial charge in [-0.1, -0.05) is 12.1 Å². The maximum atomic E-state index is 11.6. The van der Waals surface area contributed by atoms with Crippen LogP contribution in [0, 0.1) is 47.3 Å². The zero-order valence-electron chi connectivity index (χ0n) is 29.5. The highest BCUT2D eigenvalue weighted by Crippen LogP contribution is 2.62. The smallest absolute Gasteiger partial charge is 0.335 e. The average Bonchev–Trinajstić information content (AvgIpc) is 3.12. The largest absolute Gasteiger partial charge is 0.478 e. The molecule has 6 heteroatoms. The lowest BCUT2D eigenvalue weighted by Crippen LogP contribution is -2.43. The van der Waals surface area contributed by atoms with Crippen LogP contribution < -0.4 is 9.47 Å². The summed E-state index contributed by atoms with van der Waals surface area (Å²) in [5.74, 6) is 8.18. The molecular formula is C46H46O6. The molecule has 8 aliphatic carbocycles. The first-order valence-electron chi connectivity index (χ1n) is 19.6. The van der Waals surface area contributed by atoms with Crippen LogP contribution in [0.1, 0.15) is 108 Å². The highest BCUT2D eigenvalue weighted by molar-refractivity contribution is 5.88. The van der Waals surface area contributed by atoms with Crippen LogP contribution in [0.5, 0.6) is 23.0 Å². The van der Waals surface area contributed by atoms with Gasteiger partial charge in [0.05, 0.1) is 11.1 Å². The highest BCUT2D eigenvalue weighted by Gasteiger charge is 2.50. The van der Waals surface area contributed by atoms with E-state index in [0.29, 0.717) is 34.8 Å². The Kier molecular flexibility index (Phi) is 7.74. The Labute approximate surface area is 305 Å². The van der Waals surface area contributed by atoms with Gasteiger partial charge in [-0.25, -0.2) is 9.59 Å². The van der Waals surface area contributed by atoms with Gasteiger partial charge in [0.1, 0.15) is 23.0 Å². The molecule has 0 unspecified atom stereocenters. The Bertz CT molecular complexity index is 1830. The monoisotopic (exact) mass is 694 g/mol. The van der Waals surface area contributed by atoms with Crippen LogP contribution in [-0.4, -0.2) is 22.2 Å². The molecule has 4 aromatic rings. The molecule has 0 atom stereocenters. The Balaban J connectivity index is 1.10. The van der Waals surface area contributed by atoms with Gasteiger partial charge in [-0.05, 0) is 207 Å². The molecule has 12 rings (SSSR count). The molecule has 8 aliphatic rings. The molecule has 0 amide bonds. The summed E-state index contributed by atoms with van der Waals surface area (Å²) in [5.41, 5.74) is 5.17. The van der Waals surface area contributed by atoms with Gasteiger partial charge >= 0.3 is 11.9 Å². The second kappa shape index (κ2) is 12.5. The maximum absolute atomic E-state index is 11.6. The first-order chi connectivity index (χ1) is 25.3. The van der Waals surface area contributed by atoms with E-state index >= 15 is 0 Å². The van der Waals surface area contributed by atoms with Gasteiger partial charge in [0.25, 0.3) is 0 Å². The summed E-state index contributed by atoms with van der Waals surface area (Å²) in [7, 11) is 0. The van der Waals surface area contributed by atoms with Gasteiger partial charge in [-0.3, -0.25) is 0 Å². The summed E-state index contributed by atoms with van der Waals surface area (Å²) in [5, 5.41) is 19.0. The van der Waals surface area contributed by atoms with Crippen molar-refractivity contribution in [2.45, 2.75) is 76.0 Å². The number of benzene rings is 4. The molecule has 0 heterocycles. The van der Waals surface area contributed by atoms with Gasteiger partial charge in [0, 0.05) is 11.1 Å². The molecule has 2 N–H and O–H groups in total. The molecule has 266 valence electrons. The molecule has 0 saturated heterocycles. The standard InChI is InChI=1S/C46H46O6/c47-45(48)29-1-7-37(8-2-29)51-41-11-5-31(43-33-15-25-13-26(17-33)18-34(43)16-25)23-39(41)40-24-32(44-35-19-27-14-28(21-35)22-36(44)20-27)6-12-42(40)52-38-9-3-30(4-10-38)46(49)50/h1-12,23-28,33-36,43-44H,13-22H2,(H,47,48)(H,49,50). The molecule has 0 aromatic heterocycles. The van der Waals surface area contributed by atoms with Crippen molar-refractivity contribution in [3.8, 4) is 34.1 Å². The topological polar surface area (TPSA) is 93.1 Å². The molecule has 52 heavy (non-hydrogen) atoms. The van der Waals surface area contributed by atoms with E-state index in [-0.39, 0.29) is 11.1 Å². The van der Waals surface area contributed by atoms with E-state index in [2.05, 4.69) is 36.4 Å². The van der Waals surface area contributed by atoms with Crippen LogP contribution in [0.15, 0.2) is 84.9 Å². The summed E-state index contributed by atoms with van der Waals surface area (Å²) in [6.07, 6.45) is 13.5. The first-order valence-corrected chi connectivity index (χ1v) is 19.6. The van der Waals surface area contributed by atoms with Gasteiger partial charge in [0.15, 0.2) is 0 Å². The minimum absolute atomic E-state index is 0.220. The Morgan fingerprint density at radius 2 is 0.769 bits per heavy atom. The molecular weight excluding hydrogens is 649 g/mol. The second-order valence-corrected chi connectivity index (χ2v) is 17.3. The fourth-order valence-corrected chi connectivity index (χ4v) is 12.6. The number of ether oxygens (including phenoxy) is 2. The SMILES string of the molecule is O=C(O)c1ccc(Oc2ccc(C3C4CC5CC(C4)CC3C5)cc2-c2cc(C3C4CC5CC(C4)CC3C5)ccc2Oc2ccc(C(=O)O)cc2)cc1. The van der Waals surface area contributed by atoms with Crippen LogP contribution in [0.2, 0.25) is 0 Å². The summed E-state index contributed by atoms with van der Waals surface area (Å²) in [4.78, 5) is 23.2. The zero-order valence-corrected chi connectivity index (χ0v) is 29.5. The molecule has 0 spiro atoms. The summed E-state index contributed by atoms with van der Waals surface area (Å²) < 4.78 is 13.3. The van der Waals surface area contributed by atoms with Crippen molar-refractivity contribution < 1.29 is 29.3 Å². The molecule has 8 bridgehead atoms. The Morgan fingerprint density at radius 3 is 1.08 bits per heavy atom. The normalized spacial score (nSPS) is 32.2. The average molecular weight is 695 g/mol. The van der Waals surface area contributed by atoms with Crippen molar-refractivity contribution >= 4 is 11.9 Å². The lowest BCUT2D eigenvalue weighted by molar-refractivity contribution is -0.00287. The van der Waals surface area contributed by atoms with E-state index in [1.165, 1.54) is 75.3 Å². The van der Waals surface area contributed by atoms with Crippen molar-refractivity contribution in [3.63, 3.8) is 0 Å². The van der Waals surface area contributed by atoms with Crippen LogP contribution in [0.3, 0.4) is 0 Å². The van der Waals surface area contributed by atoms with E-state index in [4.69, 9.17) is 9.47 Å². The number of hydrogen-bond acceptors (Lipinski definition) is 4. The summed E-state index contributed by atoms with van der Waals surface area (Å²) >= 11 is 0. The number of hydrogen-bond donors (Lipinski definition) is 2. The third-order valence-corrected chi connectivity index (χ3v) is 14.2. The molecule has 8 saturated carbocycles. The van der Waals surface area contributed by atoms with Gasteiger partial charge in [-0.15, -0.1) is 0 Å². The lowest BCUT2D eigenvalue weighted by Gasteiger charge is -2.55. The molecule has 0 aliphatic heterocycles.